The number of benzene rings is 2. The Labute approximate surface area is 180 Å². The van der Waals surface area contributed by atoms with Gasteiger partial charge in [0.1, 0.15) is 17.8 Å². The van der Waals surface area contributed by atoms with E-state index in [0.29, 0.717) is 30.9 Å². The zero-order valence-electron chi connectivity index (χ0n) is 17.2. The molecule has 0 spiro atoms. The van der Waals surface area contributed by atoms with Gasteiger partial charge in [-0.1, -0.05) is 30.3 Å². The molecule has 31 heavy (non-hydrogen) atoms. The van der Waals surface area contributed by atoms with E-state index in [9.17, 15) is 14.4 Å². The van der Waals surface area contributed by atoms with E-state index in [-0.39, 0.29) is 30.4 Å². The fourth-order valence-electron chi connectivity index (χ4n) is 3.96. The summed E-state index contributed by atoms with van der Waals surface area (Å²) in [6, 6.07) is 14.8. The van der Waals surface area contributed by atoms with Crippen LogP contribution in [0.2, 0.25) is 0 Å². The third kappa shape index (κ3) is 4.69. The minimum absolute atomic E-state index is 0.103. The minimum atomic E-state index is -0.719. The average molecular weight is 423 g/mol. The number of carbonyl (C=O) groups is 3. The number of nitrogens with one attached hydrogen (secondary N) is 2. The van der Waals surface area contributed by atoms with Crippen molar-refractivity contribution in [1.29, 1.82) is 0 Å². The molecule has 0 aromatic heterocycles. The molecule has 0 aliphatic carbocycles. The van der Waals surface area contributed by atoms with Crippen molar-refractivity contribution in [3.63, 3.8) is 0 Å². The quantitative estimate of drug-likeness (QED) is 0.696. The second-order valence-electron chi connectivity index (χ2n) is 7.70. The number of hydrogen-bond acceptors (Lipinski definition) is 5. The molecular formula is C23H25N3O5. The number of hydrogen-bond donors (Lipinski definition) is 2. The van der Waals surface area contributed by atoms with Crippen LogP contribution in [0.3, 0.4) is 0 Å². The molecule has 2 N–H and O–H groups in total. The van der Waals surface area contributed by atoms with Crippen LogP contribution in [0.1, 0.15) is 22.3 Å². The number of piperazine rings is 1. The number of nitrogens with zero attached hydrogens (tertiary/aromatic N) is 1. The second kappa shape index (κ2) is 9.18. The minimum Gasteiger partial charge on any atom is -0.497 e. The van der Waals surface area contributed by atoms with Crippen molar-refractivity contribution in [2.75, 3.05) is 20.3 Å². The van der Waals surface area contributed by atoms with E-state index >= 15 is 0 Å². The molecule has 162 valence electrons. The molecule has 8 nitrogen and oxygen atoms in total. The topological polar surface area (TPSA) is 97.0 Å². The van der Waals surface area contributed by atoms with Gasteiger partial charge in [0.2, 0.25) is 11.8 Å². The molecule has 2 fully saturated rings. The van der Waals surface area contributed by atoms with Crippen molar-refractivity contribution in [2.24, 2.45) is 0 Å². The van der Waals surface area contributed by atoms with Crippen LogP contribution in [0.25, 0.3) is 0 Å². The summed E-state index contributed by atoms with van der Waals surface area (Å²) in [6.07, 6.45) is 0.386. The number of rotatable bonds is 7. The first-order valence-electron chi connectivity index (χ1n) is 10.2. The van der Waals surface area contributed by atoms with Gasteiger partial charge in [-0.3, -0.25) is 14.4 Å². The summed E-state index contributed by atoms with van der Waals surface area (Å²) in [5.41, 5.74) is 1.49. The highest BCUT2D eigenvalue weighted by atomic mass is 16.5. The maximum atomic E-state index is 12.9. The first kappa shape index (κ1) is 20.9. The van der Waals surface area contributed by atoms with E-state index in [1.54, 1.807) is 36.3 Å². The van der Waals surface area contributed by atoms with Gasteiger partial charge in [-0.05, 0) is 36.2 Å². The summed E-state index contributed by atoms with van der Waals surface area (Å²) < 4.78 is 10.8. The van der Waals surface area contributed by atoms with Gasteiger partial charge in [0.25, 0.3) is 5.91 Å². The molecule has 4 rings (SSSR count). The summed E-state index contributed by atoms with van der Waals surface area (Å²) >= 11 is 0. The number of fused-ring (bicyclic) bond motifs is 1. The SMILES string of the molecule is COc1ccc(C(=O)N[C@H]2C[C@H]3C(=O)N[C@@H](COCc4ccccc4)C(=O)N3C2)cc1. The molecule has 2 aromatic rings. The van der Waals surface area contributed by atoms with Crippen LogP contribution in [0.4, 0.5) is 0 Å². The van der Waals surface area contributed by atoms with Gasteiger partial charge in [0.15, 0.2) is 0 Å². The Hall–Kier alpha value is -3.39. The molecule has 3 atom stereocenters. The van der Waals surface area contributed by atoms with Gasteiger partial charge >= 0.3 is 0 Å². The van der Waals surface area contributed by atoms with Crippen LogP contribution in [0.15, 0.2) is 54.6 Å². The zero-order chi connectivity index (χ0) is 21.8. The van der Waals surface area contributed by atoms with Gasteiger partial charge in [-0.2, -0.15) is 0 Å². The Morgan fingerprint density at radius 3 is 2.58 bits per heavy atom. The fourth-order valence-corrected chi connectivity index (χ4v) is 3.96. The molecular weight excluding hydrogens is 398 g/mol. The molecule has 2 aromatic carbocycles. The van der Waals surface area contributed by atoms with Crippen LogP contribution < -0.4 is 15.4 Å². The maximum Gasteiger partial charge on any atom is 0.251 e. The highest BCUT2D eigenvalue weighted by molar-refractivity contribution is 5.98. The van der Waals surface area contributed by atoms with Crippen molar-refractivity contribution in [3.05, 3.63) is 65.7 Å². The Kier molecular flexibility index (Phi) is 6.18. The lowest BCUT2D eigenvalue weighted by Crippen LogP contribution is -2.62. The van der Waals surface area contributed by atoms with Crippen LogP contribution in [0, 0.1) is 0 Å². The largest absolute Gasteiger partial charge is 0.497 e. The predicted octanol–water partition coefficient (Wildman–Crippen LogP) is 1.11. The Morgan fingerprint density at radius 2 is 1.87 bits per heavy atom. The fraction of sp³-hybridized carbons (Fsp3) is 0.348. The molecule has 0 unspecified atom stereocenters. The van der Waals surface area contributed by atoms with Gasteiger partial charge in [-0.25, -0.2) is 0 Å². The number of carbonyl (C=O) groups excluding carboxylic acids is 3. The Morgan fingerprint density at radius 1 is 1.13 bits per heavy atom. The summed E-state index contributed by atoms with van der Waals surface area (Å²) in [6.45, 7) is 0.768. The molecule has 0 saturated carbocycles. The van der Waals surface area contributed by atoms with E-state index in [2.05, 4.69) is 10.6 Å². The first-order valence-corrected chi connectivity index (χ1v) is 10.2. The molecule has 3 amide bonds. The lowest BCUT2D eigenvalue weighted by Gasteiger charge is -2.34. The summed E-state index contributed by atoms with van der Waals surface area (Å²) in [4.78, 5) is 39.5. The third-order valence-electron chi connectivity index (χ3n) is 5.58. The average Bonchev–Trinajstić information content (AvgIpc) is 3.22. The smallest absolute Gasteiger partial charge is 0.251 e. The highest BCUT2D eigenvalue weighted by Crippen LogP contribution is 2.23. The molecule has 2 aliphatic rings. The van der Waals surface area contributed by atoms with Crippen LogP contribution in [-0.4, -0.2) is 61.0 Å². The normalized spacial score (nSPS) is 22.6. The molecule has 0 bridgehead atoms. The number of amides is 3. The second-order valence-corrected chi connectivity index (χ2v) is 7.70. The van der Waals surface area contributed by atoms with E-state index in [1.807, 2.05) is 30.3 Å². The van der Waals surface area contributed by atoms with Crippen molar-refractivity contribution in [2.45, 2.75) is 31.2 Å². The van der Waals surface area contributed by atoms with Crippen LogP contribution in [-0.2, 0) is 20.9 Å². The Bertz CT molecular complexity index is 947. The molecule has 2 heterocycles. The van der Waals surface area contributed by atoms with E-state index in [4.69, 9.17) is 9.47 Å². The van der Waals surface area contributed by atoms with Crippen molar-refractivity contribution in [1.82, 2.24) is 15.5 Å². The lowest BCUT2D eigenvalue weighted by atomic mass is 10.1. The van der Waals surface area contributed by atoms with Crippen LogP contribution in [0.5, 0.6) is 5.75 Å². The van der Waals surface area contributed by atoms with E-state index in [1.165, 1.54) is 0 Å². The highest BCUT2D eigenvalue weighted by Gasteiger charge is 2.46. The monoisotopic (exact) mass is 423 g/mol. The van der Waals surface area contributed by atoms with Gasteiger partial charge in [0, 0.05) is 18.2 Å². The summed E-state index contributed by atoms with van der Waals surface area (Å²) in [5.74, 6) is 0.0217. The van der Waals surface area contributed by atoms with Crippen molar-refractivity contribution < 1.29 is 23.9 Å². The zero-order valence-corrected chi connectivity index (χ0v) is 17.2. The van der Waals surface area contributed by atoms with Crippen LogP contribution >= 0.6 is 0 Å². The van der Waals surface area contributed by atoms with E-state index < -0.39 is 12.1 Å². The number of ether oxygens (including phenoxy) is 2. The number of methoxy groups -OCH3 is 1. The van der Waals surface area contributed by atoms with Crippen molar-refractivity contribution in [3.8, 4) is 5.75 Å². The molecule has 2 saturated heterocycles. The molecule has 0 radical (unpaired) electrons. The van der Waals surface area contributed by atoms with Gasteiger partial charge < -0.3 is 25.0 Å². The first-order chi connectivity index (χ1) is 15.0. The van der Waals surface area contributed by atoms with Crippen molar-refractivity contribution >= 4 is 17.7 Å². The van der Waals surface area contributed by atoms with Gasteiger partial charge in [0.05, 0.1) is 20.3 Å². The summed E-state index contributed by atoms with van der Waals surface area (Å²) in [7, 11) is 1.56. The third-order valence-corrected chi connectivity index (χ3v) is 5.58. The summed E-state index contributed by atoms with van der Waals surface area (Å²) in [5, 5.41) is 5.69. The lowest BCUT2D eigenvalue weighted by molar-refractivity contribution is -0.148. The Balaban J connectivity index is 1.32. The van der Waals surface area contributed by atoms with Gasteiger partial charge in [-0.15, -0.1) is 0 Å². The predicted molar refractivity (Wildman–Crippen MR) is 112 cm³/mol. The van der Waals surface area contributed by atoms with E-state index in [0.717, 1.165) is 5.56 Å². The molecule has 8 heteroatoms. The maximum absolute atomic E-state index is 12.9. The standard InChI is InChI=1S/C23H25N3O5/c1-30-18-9-7-16(8-10-18)21(27)24-17-11-20-22(28)25-19(23(29)26(20)12-17)14-31-13-15-5-3-2-4-6-15/h2-10,17,19-20H,11-14H2,1H3,(H,24,27)(H,25,28)/t17-,19-,20-/m0/s1. The molecule has 2 aliphatic heterocycles.